The molecule has 0 saturated carbocycles. The van der Waals surface area contributed by atoms with Crippen LogP contribution in [0.2, 0.25) is 0 Å². The van der Waals surface area contributed by atoms with Crippen molar-refractivity contribution in [3.8, 4) is 0 Å². The molecule has 0 amide bonds. The molecule has 94 valence electrons. The minimum absolute atomic E-state index is 0.0333. The summed E-state index contributed by atoms with van der Waals surface area (Å²) in [4.78, 5) is -0.464. The number of benzene rings is 1. The average molecular weight is 280 g/mol. The molecule has 1 aromatic rings. The number of sulfonamides is 1. The average Bonchev–Trinajstić information content (AvgIpc) is 2.15. The molecule has 0 radical (unpaired) electrons. The van der Waals surface area contributed by atoms with Gasteiger partial charge in [-0.1, -0.05) is 12.2 Å². The summed E-state index contributed by atoms with van der Waals surface area (Å²) < 4.78 is 51.1. The van der Waals surface area contributed by atoms with Gasteiger partial charge in [-0.2, -0.15) is 0 Å². The van der Waals surface area contributed by atoms with Crippen LogP contribution in [0.3, 0.4) is 0 Å². The van der Waals surface area contributed by atoms with Gasteiger partial charge in [0.1, 0.15) is 16.5 Å². The minimum Gasteiger partial charge on any atom is -0.393 e. The zero-order valence-corrected chi connectivity index (χ0v) is 10.2. The zero-order valence-electron chi connectivity index (χ0n) is 8.61. The summed E-state index contributed by atoms with van der Waals surface area (Å²) in [6.45, 7) is -0.0333. The Balaban J connectivity index is 2.86. The summed E-state index contributed by atoms with van der Waals surface area (Å²) in [5.74, 6) is -1.99. The van der Waals surface area contributed by atoms with E-state index in [9.17, 15) is 17.2 Å². The van der Waals surface area contributed by atoms with Crippen molar-refractivity contribution < 1.29 is 17.2 Å². The fourth-order valence-corrected chi connectivity index (χ4v) is 2.27. The van der Waals surface area contributed by atoms with Crippen molar-refractivity contribution in [2.75, 3.05) is 6.54 Å². The number of rotatable bonds is 5. The van der Waals surface area contributed by atoms with Crippen LogP contribution < -0.4 is 10.5 Å². The van der Waals surface area contributed by atoms with E-state index in [0.29, 0.717) is 6.07 Å². The first kappa shape index (κ1) is 13.9. The molecule has 0 heterocycles. The highest BCUT2D eigenvalue weighted by Gasteiger charge is 2.18. The van der Waals surface area contributed by atoms with E-state index in [2.05, 4.69) is 16.9 Å². The molecule has 0 bridgehead atoms. The van der Waals surface area contributed by atoms with Gasteiger partial charge < -0.3 is 5.73 Å². The molecule has 1 rings (SSSR count). The van der Waals surface area contributed by atoms with Crippen molar-refractivity contribution in [2.45, 2.75) is 11.3 Å². The topological polar surface area (TPSA) is 72.2 Å². The van der Waals surface area contributed by atoms with Gasteiger partial charge >= 0.3 is 0 Å². The molecular weight excluding hydrogens is 270 g/mol. The Hall–Kier alpha value is -1.12. The van der Waals surface area contributed by atoms with Gasteiger partial charge in [-0.25, -0.2) is 21.9 Å². The Bertz CT molecular complexity index is 532. The standard InChI is InChI=1S/C9H10F2N2O2S2/c10-6-1-2-8(7(11)5-6)17(14,15)13-4-3-9(12)16/h1-2,5,13H,3-4H2,(H2,12,16). The smallest absolute Gasteiger partial charge is 0.243 e. The lowest BCUT2D eigenvalue weighted by atomic mass is 10.3. The normalized spacial score (nSPS) is 11.4. The molecule has 0 spiro atoms. The summed E-state index contributed by atoms with van der Waals surface area (Å²) in [7, 11) is -4.01. The second-order valence-electron chi connectivity index (χ2n) is 3.19. The highest BCUT2D eigenvalue weighted by Crippen LogP contribution is 2.14. The highest BCUT2D eigenvalue weighted by atomic mass is 32.2. The van der Waals surface area contributed by atoms with Gasteiger partial charge in [0, 0.05) is 19.0 Å². The molecule has 0 fully saturated rings. The Kier molecular flexibility index (Phi) is 4.49. The van der Waals surface area contributed by atoms with Gasteiger partial charge in [-0.05, 0) is 12.1 Å². The van der Waals surface area contributed by atoms with E-state index in [1.54, 1.807) is 0 Å². The second-order valence-corrected chi connectivity index (χ2v) is 5.45. The number of nitrogens with one attached hydrogen (secondary N) is 1. The van der Waals surface area contributed by atoms with Crippen molar-refractivity contribution in [3.05, 3.63) is 29.8 Å². The molecule has 0 unspecified atom stereocenters. The van der Waals surface area contributed by atoms with Crippen LogP contribution in [0.25, 0.3) is 0 Å². The maximum atomic E-state index is 13.2. The molecule has 0 atom stereocenters. The molecule has 17 heavy (non-hydrogen) atoms. The van der Waals surface area contributed by atoms with Crippen LogP contribution >= 0.6 is 12.2 Å². The third-order valence-electron chi connectivity index (χ3n) is 1.85. The van der Waals surface area contributed by atoms with Crippen molar-refractivity contribution >= 4 is 27.2 Å². The lowest BCUT2D eigenvalue weighted by molar-refractivity contribution is 0.543. The maximum absolute atomic E-state index is 13.2. The van der Waals surface area contributed by atoms with Gasteiger partial charge in [-0.3, -0.25) is 0 Å². The molecule has 1 aromatic carbocycles. The fraction of sp³-hybridized carbons (Fsp3) is 0.222. The molecular formula is C9H10F2N2O2S2. The van der Waals surface area contributed by atoms with Crippen LogP contribution in [0.4, 0.5) is 8.78 Å². The lowest BCUT2D eigenvalue weighted by Gasteiger charge is -2.07. The SMILES string of the molecule is NC(=S)CCNS(=O)(=O)c1ccc(F)cc1F. The van der Waals surface area contributed by atoms with E-state index in [1.807, 2.05) is 0 Å². The Morgan fingerprint density at radius 2 is 2.06 bits per heavy atom. The van der Waals surface area contributed by atoms with Crippen LogP contribution in [-0.2, 0) is 10.0 Å². The lowest BCUT2D eigenvalue weighted by Crippen LogP contribution is -2.28. The summed E-state index contributed by atoms with van der Waals surface area (Å²) in [6.07, 6.45) is 0.164. The molecule has 0 saturated heterocycles. The van der Waals surface area contributed by atoms with Gasteiger partial charge in [0.2, 0.25) is 10.0 Å². The van der Waals surface area contributed by atoms with Crippen molar-refractivity contribution in [3.63, 3.8) is 0 Å². The molecule has 4 nitrogen and oxygen atoms in total. The van der Waals surface area contributed by atoms with E-state index in [0.717, 1.165) is 12.1 Å². The monoisotopic (exact) mass is 280 g/mol. The van der Waals surface area contributed by atoms with Gasteiger partial charge in [0.15, 0.2) is 0 Å². The Labute approximate surface area is 103 Å². The van der Waals surface area contributed by atoms with Crippen molar-refractivity contribution in [2.24, 2.45) is 5.73 Å². The number of hydrogen-bond acceptors (Lipinski definition) is 3. The van der Waals surface area contributed by atoms with E-state index < -0.39 is 26.6 Å². The highest BCUT2D eigenvalue weighted by molar-refractivity contribution is 7.89. The summed E-state index contributed by atoms with van der Waals surface area (Å²) in [5.41, 5.74) is 5.18. The molecule has 0 aliphatic rings. The summed E-state index contributed by atoms with van der Waals surface area (Å²) in [5, 5.41) is 0. The fourth-order valence-electron chi connectivity index (χ4n) is 1.08. The number of halogens is 2. The van der Waals surface area contributed by atoms with E-state index in [-0.39, 0.29) is 18.0 Å². The van der Waals surface area contributed by atoms with Crippen LogP contribution in [0.1, 0.15) is 6.42 Å². The molecule has 0 aliphatic heterocycles. The first-order chi connectivity index (χ1) is 7.83. The predicted octanol–water partition coefficient (Wildman–Crippen LogP) is 0.919. The first-order valence-corrected chi connectivity index (χ1v) is 6.45. The van der Waals surface area contributed by atoms with E-state index in [1.165, 1.54) is 0 Å². The second kappa shape index (κ2) is 5.48. The van der Waals surface area contributed by atoms with Gasteiger partial charge in [0.25, 0.3) is 0 Å². The minimum atomic E-state index is -4.01. The van der Waals surface area contributed by atoms with E-state index in [4.69, 9.17) is 5.73 Å². The van der Waals surface area contributed by atoms with Gasteiger partial charge in [-0.15, -0.1) is 0 Å². The van der Waals surface area contributed by atoms with Crippen LogP contribution in [0, 0.1) is 11.6 Å². The predicted molar refractivity (Wildman–Crippen MR) is 62.9 cm³/mol. The summed E-state index contributed by atoms with van der Waals surface area (Å²) in [6, 6.07) is 2.22. The number of nitrogens with two attached hydrogens (primary N) is 1. The molecule has 3 N–H and O–H groups in total. The number of hydrogen-bond donors (Lipinski definition) is 2. The van der Waals surface area contributed by atoms with Crippen molar-refractivity contribution in [1.29, 1.82) is 0 Å². The first-order valence-electron chi connectivity index (χ1n) is 4.56. The maximum Gasteiger partial charge on any atom is 0.243 e. The zero-order chi connectivity index (χ0) is 13.1. The quantitative estimate of drug-likeness (QED) is 0.787. The van der Waals surface area contributed by atoms with Crippen LogP contribution in [0.15, 0.2) is 23.1 Å². The third-order valence-corrected chi connectivity index (χ3v) is 3.55. The largest absolute Gasteiger partial charge is 0.393 e. The molecule has 0 aromatic heterocycles. The van der Waals surface area contributed by atoms with Gasteiger partial charge in [0.05, 0.1) is 4.99 Å². The van der Waals surface area contributed by atoms with Crippen LogP contribution in [0.5, 0.6) is 0 Å². The van der Waals surface area contributed by atoms with E-state index >= 15 is 0 Å². The third kappa shape index (κ3) is 3.99. The molecule has 0 aliphatic carbocycles. The molecule has 8 heteroatoms. The summed E-state index contributed by atoms with van der Waals surface area (Å²) >= 11 is 4.56. The number of thiocarbonyl (C=S) groups is 1. The van der Waals surface area contributed by atoms with Crippen molar-refractivity contribution in [1.82, 2.24) is 4.72 Å². The Morgan fingerprint density at radius 3 is 2.59 bits per heavy atom. The van der Waals surface area contributed by atoms with Crippen LogP contribution in [-0.4, -0.2) is 20.0 Å². The Morgan fingerprint density at radius 1 is 1.41 bits per heavy atom.